The second-order valence-corrected chi connectivity index (χ2v) is 6.91. The van der Waals surface area contributed by atoms with Crippen molar-refractivity contribution in [3.8, 4) is 0 Å². The van der Waals surface area contributed by atoms with E-state index in [2.05, 4.69) is 3.63 Å². The predicted octanol–water partition coefficient (Wildman–Crippen LogP) is -0.0516. The fourth-order valence-electron chi connectivity index (χ4n) is 1.37. The molecule has 9 heteroatoms. The first-order valence-corrected chi connectivity index (χ1v) is 8.05. The number of hydrogen-bond donors (Lipinski definition) is 0. The summed E-state index contributed by atoms with van der Waals surface area (Å²) in [6.07, 6.45) is 0. The quantitative estimate of drug-likeness (QED) is 0.707. The standard InChI is InChI=1S/C12H10O5S2.Al.K.4H/c13-18(14,11-7-3-1-4-8-11)17-19(15,16)12-9-5-2-6-10-12;;;;;;/h1-10H;;;;;;. The normalized spacial score (nSPS) is 11.0. The third-order valence-electron chi connectivity index (χ3n) is 2.24. The van der Waals surface area contributed by atoms with E-state index in [4.69, 9.17) is 0 Å². The zero-order valence-corrected chi connectivity index (χ0v) is 11.3. The van der Waals surface area contributed by atoms with Crippen LogP contribution in [-0.2, 0) is 23.9 Å². The van der Waals surface area contributed by atoms with E-state index in [-0.39, 0.29) is 78.5 Å². The molecule has 0 spiro atoms. The molecule has 0 saturated carbocycles. The van der Waals surface area contributed by atoms with Crippen molar-refractivity contribution in [1.82, 2.24) is 0 Å². The summed E-state index contributed by atoms with van der Waals surface area (Å²) in [4.78, 5) is -0.427. The first-order chi connectivity index (χ1) is 8.92. The van der Waals surface area contributed by atoms with Crippen LogP contribution in [0.5, 0.6) is 0 Å². The summed E-state index contributed by atoms with van der Waals surface area (Å²) in [5.41, 5.74) is 0. The van der Waals surface area contributed by atoms with Gasteiger partial charge in [0.25, 0.3) is 0 Å². The molecular formula is C12H14AlKO5S2. The van der Waals surface area contributed by atoms with Crippen molar-refractivity contribution < 1.29 is 20.5 Å². The molecular weight excluding hydrogens is 354 g/mol. The molecule has 0 amide bonds. The second kappa shape index (κ2) is 8.93. The molecule has 2 aromatic carbocycles. The van der Waals surface area contributed by atoms with Gasteiger partial charge in [-0.3, -0.25) is 0 Å². The van der Waals surface area contributed by atoms with Crippen molar-refractivity contribution in [3.05, 3.63) is 60.7 Å². The van der Waals surface area contributed by atoms with Crippen molar-refractivity contribution in [2.75, 3.05) is 0 Å². The number of benzene rings is 2. The van der Waals surface area contributed by atoms with Crippen LogP contribution < -0.4 is 0 Å². The Labute approximate surface area is 177 Å². The Kier molecular flexibility index (Phi) is 9.13. The third kappa shape index (κ3) is 5.88. The Morgan fingerprint density at radius 2 is 0.905 bits per heavy atom. The van der Waals surface area contributed by atoms with Crippen molar-refractivity contribution >= 4 is 89.0 Å². The van der Waals surface area contributed by atoms with Crippen LogP contribution in [0.15, 0.2) is 70.5 Å². The van der Waals surface area contributed by atoms with Gasteiger partial charge in [0.15, 0.2) is 17.4 Å². The summed E-state index contributed by atoms with van der Waals surface area (Å²) >= 11 is 0. The van der Waals surface area contributed by atoms with Gasteiger partial charge in [-0.05, 0) is 24.3 Å². The van der Waals surface area contributed by atoms with E-state index in [1.54, 1.807) is 12.1 Å². The average Bonchev–Trinajstić information content (AvgIpc) is 2.40. The van der Waals surface area contributed by atoms with E-state index >= 15 is 0 Å². The van der Waals surface area contributed by atoms with E-state index in [1.807, 2.05) is 0 Å². The number of hydrogen-bond acceptors (Lipinski definition) is 5. The SMILES string of the molecule is O=S(=O)(OS(=O)(=O)c1ccccc1)c1ccccc1.[AlH3].[KH]. The van der Waals surface area contributed by atoms with Crippen LogP contribution in [0.3, 0.4) is 0 Å². The molecule has 0 aliphatic heterocycles. The molecule has 0 atom stereocenters. The fraction of sp³-hybridized carbons (Fsp3) is 0. The van der Waals surface area contributed by atoms with Gasteiger partial charge in [0.2, 0.25) is 0 Å². The first kappa shape index (κ1) is 21.5. The summed E-state index contributed by atoms with van der Waals surface area (Å²) < 4.78 is 51.6. The molecule has 108 valence electrons. The second-order valence-electron chi connectivity index (χ2n) is 3.60. The molecule has 0 bridgehead atoms. The molecule has 2 aromatic rings. The van der Waals surface area contributed by atoms with Gasteiger partial charge in [0, 0.05) is 0 Å². The van der Waals surface area contributed by atoms with Crippen LogP contribution in [0, 0.1) is 0 Å². The van der Waals surface area contributed by atoms with Crippen molar-refractivity contribution in [2.24, 2.45) is 0 Å². The Hall–Kier alpha value is 0.469. The molecule has 0 saturated heterocycles. The maximum absolute atomic E-state index is 11.8. The molecule has 5 nitrogen and oxygen atoms in total. The van der Waals surface area contributed by atoms with Gasteiger partial charge in [-0.2, -0.15) is 16.8 Å². The summed E-state index contributed by atoms with van der Waals surface area (Å²) in [6.45, 7) is 0. The molecule has 0 fully saturated rings. The van der Waals surface area contributed by atoms with Crippen LogP contribution in [0.1, 0.15) is 0 Å². The van der Waals surface area contributed by atoms with Gasteiger partial charge >= 0.3 is 71.6 Å². The maximum atomic E-state index is 11.8. The minimum absolute atomic E-state index is 0. The molecule has 0 radical (unpaired) electrons. The Morgan fingerprint density at radius 3 is 1.19 bits per heavy atom. The monoisotopic (exact) mass is 368 g/mol. The zero-order chi connectivity index (χ0) is 13.9. The van der Waals surface area contributed by atoms with Crippen molar-refractivity contribution in [2.45, 2.75) is 9.79 Å². The molecule has 0 N–H and O–H groups in total. The molecule has 0 aliphatic carbocycles. The summed E-state index contributed by atoms with van der Waals surface area (Å²) in [6, 6.07) is 14.2. The van der Waals surface area contributed by atoms with Crippen LogP contribution in [0.25, 0.3) is 0 Å². The van der Waals surface area contributed by atoms with E-state index in [1.165, 1.54) is 48.5 Å². The van der Waals surface area contributed by atoms with Gasteiger partial charge in [0.1, 0.15) is 0 Å². The summed E-state index contributed by atoms with van der Waals surface area (Å²) in [5.74, 6) is 0. The molecule has 21 heavy (non-hydrogen) atoms. The van der Waals surface area contributed by atoms with E-state index in [0.717, 1.165) is 0 Å². The van der Waals surface area contributed by atoms with Crippen molar-refractivity contribution in [1.29, 1.82) is 0 Å². The van der Waals surface area contributed by atoms with Crippen LogP contribution in [0.4, 0.5) is 0 Å². The van der Waals surface area contributed by atoms with E-state index in [9.17, 15) is 16.8 Å². The topological polar surface area (TPSA) is 77.5 Å². The Balaban J connectivity index is 0.00000200. The average molecular weight is 368 g/mol. The minimum atomic E-state index is -4.35. The van der Waals surface area contributed by atoms with E-state index < -0.39 is 20.2 Å². The van der Waals surface area contributed by atoms with Gasteiger partial charge in [-0.25, -0.2) is 0 Å². The van der Waals surface area contributed by atoms with Crippen LogP contribution in [0.2, 0.25) is 0 Å². The molecule has 0 heterocycles. The summed E-state index contributed by atoms with van der Waals surface area (Å²) in [5, 5.41) is 0. The predicted molar refractivity (Wildman–Crippen MR) is 85.4 cm³/mol. The molecule has 0 unspecified atom stereocenters. The fourth-order valence-corrected chi connectivity index (χ4v) is 3.92. The van der Waals surface area contributed by atoms with Gasteiger partial charge in [-0.1, -0.05) is 36.4 Å². The Bertz CT molecular complexity index is 694. The zero-order valence-electron chi connectivity index (χ0n) is 9.63. The molecule has 2 rings (SSSR count). The third-order valence-corrected chi connectivity index (χ3v) is 5.38. The summed E-state index contributed by atoms with van der Waals surface area (Å²) in [7, 11) is -8.71. The van der Waals surface area contributed by atoms with Crippen molar-refractivity contribution in [3.63, 3.8) is 0 Å². The van der Waals surface area contributed by atoms with E-state index in [0.29, 0.717) is 0 Å². The van der Waals surface area contributed by atoms with Crippen LogP contribution in [-0.4, -0.2) is 85.6 Å². The van der Waals surface area contributed by atoms with Gasteiger partial charge in [-0.15, -0.1) is 3.63 Å². The van der Waals surface area contributed by atoms with Gasteiger partial charge < -0.3 is 0 Å². The molecule has 0 aliphatic rings. The van der Waals surface area contributed by atoms with Gasteiger partial charge in [0.05, 0.1) is 9.79 Å². The number of rotatable bonds is 4. The Morgan fingerprint density at radius 1 is 0.619 bits per heavy atom. The molecule has 0 aromatic heterocycles. The van der Waals surface area contributed by atoms with Crippen LogP contribution >= 0.6 is 0 Å². The first-order valence-electron chi connectivity index (χ1n) is 5.23.